The Morgan fingerprint density at radius 3 is 3.00 bits per heavy atom. The molecule has 0 bridgehead atoms. The molecule has 2 aliphatic heterocycles. The van der Waals surface area contributed by atoms with Gasteiger partial charge in [0.2, 0.25) is 5.91 Å². The van der Waals surface area contributed by atoms with E-state index in [1.807, 2.05) is 0 Å². The number of methoxy groups -OCH3 is 1. The van der Waals surface area contributed by atoms with Gasteiger partial charge in [-0.3, -0.25) is 14.6 Å². The largest absolute Gasteiger partial charge is 0.375 e. The molecule has 0 unspecified atom stereocenters. The predicted octanol–water partition coefficient (Wildman–Crippen LogP) is -0.140. The van der Waals surface area contributed by atoms with Crippen molar-refractivity contribution in [3.05, 3.63) is 24.3 Å². The van der Waals surface area contributed by atoms with E-state index >= 15 is 0 Å². The highest BCUT2D eigenvalue weighted by atomic mass is 16.5. The van der Waals surface area contributed by atoms with Crippen molar-refractivity contribution in [2.45, 2.75) is 18.4 Å². The van der Waals surface area contributed by atoms with Crippen LogP contribution in [-0.2, 0) is 14.3 Å². The third kappa shape index (κ3) is 3.39. The molecular weight excluding hydrogens is 312 g/mol. The monoisotopic (exact) mass is 334 g/mol. The Morgan fingerprint density at radius 2 is 2.29 bits per heavy atom. The van der Waals surface area contributed by atoms with Crippen LogP contribution in [0.3, 0.4) is 0 Å². The van der Waals surface area contributed by atoms with Crippen LogP contribution in [0.25, 0.3) is 0 Å². The Balaban J connectivity index is 1.50. The van der Waals surface area contributed by atoms with Crippen LogP contribution in [-0.4, -0.2) is 72.2 Å². The normalized spacial score (nSPS) is 21.5. The summed E-state index contributed by atoms with van der Waals surface area (Å²) >= 11 is 0. The van der Waals surface area contributed by atoms with Gasteiger partial charge in [-0.25, -0.2) is 4.98 Å². The molecular formula is C16H22N4O4. The molecule has 0 radical (unpaired) electrons. The minimum atomic E-state index is -0.274. The maximum absolute atomic E-state index is 12.3. The van der Waals surface area contributed by atoms with Crippen molar-refractivity contribution in [1.82, 2.24) is 20.2 Å². The topological polar surface area (TPSA) is 93.7 Å². The summed E-state index contributed by atoms with van der Waals surface area (Å²) < 4.78 is 10.7. The van der Waals surface area contributed by atoms with E-state index in [9.17, 15) is 9.59 Å². The van der Waals surface area contributed by atoms with E-state index in [4.69, 9.17) is 9.47 Å². The molecule has 1 atom stereocenters. The van der Waals surface area contributed by atoms with Gasteiger partial charge in [0.25, 0.3) is 5.91 Å². The number of ether oxygens (including phenoxy) is 2. The molecule has 8 nitrogen and oxygen atoms in total. The van der Waals surface area contributed by atoms with Crippen LogP contribution < -0.4 is 5.32 Å². The first-order valence-corrected chi connectivity index (χ1v) is 8.09. The Kier molecular flexibility index (Phi) is 5.06. The molecule has 0 aromatic carbocycles. The number of carbonyl (C=O) groups excluding carboxylic acids is 2. The van der Waals surface area contributed by atoms with Crippen molar-refractivity contribution in [2.75, 3.05) is 40.0 Å². The van der Waals surface area contributed by atoms with Crippen molar-refractivity contribution >= 4 is 11.8 Å². The van der Waals surface area contributed by atoms with E-state index < -0.39 is 0 Å². The lowest BCUT2D eigenvalue weighted by atomic mass is 9.79. The number of nitrogens with one attached hydrogen (secondary N) is 1. The second-order valence-electron chi connectivity index (χ2n) is 6.22. The van der Waals surface area contributed by atoms with E-state index in [0.717, 1.165) is 12.8 Å². The van der Waals surface area contributed by atoms with Gasteiger partial charge in [0.1, 0.15) is 17.9 Å². The summed E-state index contributed by atoms with van der Waals surface area (Å²) in [4.78, 5) is 33.5. The molecule has 1 aromatic rings. The zero-order chi connectivity index (χ0) is 17.0. The van der Waals surface area contributed by atoms with Gasteiger partial charge in [0.05, 0.1) is 19.3 Å². The van der Waals surface area contributed by atoms with E-state index in [2.05, 4.69) is 15.3 Å². The SMILES string of the molecule is COCC(=O)NCC[C@@H]1CCOC12CN(C(=O)c1cnccn1)C2. The standard InChI is InChI=1S/C16H22N4O4/c1-23-9-14(21)19-4-2-12-3-7-24-16(12)10-20(11-16)15(22)13-8-17-5-6-18-13/h5-6,8,12H,2-4,7,9-11H2,1H3,(H,19,21)/t12-/m1/s1. The molecule has 2 fully saturated rings. The molecule has 8 heteroatoms. The maximum atomic E-state index is 12.3. The first-order chi connectivity index (χ1) is 11.6. The zero-order valence-corrected chi connectivity index (χ0v) is 13.7. The van der Waals surface area contributed by atoms with E-state index in [1.54, 1.807) is 11.1 Å². The second-order valence-corrected chi connectivity index (χ2v) is 6.22. The molecule has 130 valence electrons. The lowest BCUT2D eigenvalue weighted by Crippen LogP contribution is -2.66. The van der Waals surface area contributed by atoms with Gasteiger partial charge in [-0.1, -0.05) is 0 Å². The fourth-order valence-electron chi connectivity index (χ4n) is 3.43. The molecule has 0 saturated carbocycles. The minimum Gasteiger partial charge on any atom is -0.375 e. The van der Waals surface area contributed by atoms with Gasteiger partial charge in [-0.05, 0) is 18.8 Å². The number of amides is 2. The van der Waals surface area contributed by atoms with Gasteiger partial charge in [0.15, 0.2) is 0 Å². The molecule has 3 heterocycles. The van der Waals surface area contributed by atoms with Crippen molar-refractivity contribution in [2.24, 2.45) is 5.92 Å². The van der Waals surface area contributed by atoms with Crippen molar-refractivity contribution in [3.63, 3.8) is 0 Å². The van der Waals surface area contributed by atoms with E-state index in [1.165, 1.54) is 19.5 Å². The molecule has 24 heavy (non-hydrogen) atoms. The number of aromatic nitrogens is 2. The highest BCUT2D eigenvalue weighted by molar-refractivity contribution is 5.92. The molecule has 1 spiro atoms. The smallest absolute Gasteiger partial charge is 0.274 e. The lowest BCUT2D eigenvalue weighted by Gasteiger charge is -2.50. The molecule has 3 rings (SSSR count). The first-order valence-electron chi connectivity index (χ1n) is 8.09. The van der Waals surface area contributed by atoms with Gasteiger partial charge < -0.3 is 19.7 Å². The Morgan fingerprint density at radius 1 is 1.46 bits per heavy atom. The maximum Gasteiger partial charge on any atom is 0.274 e. The summed E-state index contributed by atoms with van der Waals surface area (Å²) in [5.74, 6) is 0.112. The predicted molar refractivity (Wildman–Crippen MR) is 84.2 cm³/mol. The molecule has 2 aliphatic rings. The highest BCUT2D eigenvalue weighted by Crippen LogP contribution is 2.41. The van der Waals surface area contributed by atoms with Crippen LogP contribution >= 0.6 is 0 Å². The van der Waals surface area contributed by atoms with E-state index in [0.29, 0.717) is 37.9 Å². The average Bonchev–Trinajstić information content (AvgIpc) is 2.98. The van der Waals surface area contributed by atoms with Crippen LogP contribution in [0, 0.1) is 5.92 Å². The number of hydrogen-bond acceptors (Lipinski definition) is 6. The summed E-state index contributed by atoms with van der Waals surface area (Å²) in [6.07, 6.45) is 6.32. The number of hydrogen-bond donors (Lipinski definition) is 1. The van der Waals surface area contributed by atoms with Crippen molar-refractivity contribution < 1.29 is 19.1 Å². The average molecular weight is 334 g/mol. The van der Waals surface area contributed by atoms with Gasteiger partial charge >= 0.3 is 0 Å². The van der Waals surface area contributed by atoms with Crippen molar-refractivity contribution in [3.8, 4) is 0 Å². The zero-order valence-electron chi connectivity index (χ0n) is 13.7. The lowest BCUT2D eigenvalue weighted by molar-refractivity contribution is -0.126. The van der Waals surface area contributed by atoms with Crippen LogP contribution in [0.2, 0.25) is 0 Å². The summed E-state index contributed by atoms with van der Waals surface area (Å²) in [5, 5.41) is 2.84. The van der Waals surface area contributed by atoms with Gasteiger partial charge in [0, 0.05) is 32.7 Å². The third-order valence-corrected chi connectivity index (χ3v) is 4.68. The fourth-order valence-corrected chi connectivity index (χ4v) is 3.43. The summed E-state index contributed by atoms with van der Waals surface area (Å²) in [6, 6.07) is 0. The first kappa shape index (κ1) is 16.8. The minimum absolute atomic E-state index is 0.0761. The van der Waals surface area contributed by atoms with Crippen LogP contribution in [0.1, 0.15) is 23.3 Å². The van der Waals surface area contributed by atoms with Crippen molar-refractivity contribution in [1.29, 1.82) is 0 Å². The van der Waals surface area contributed by atoms with E-state index in [-0.39, 0.29) is 24.0 Å². The summed E-state index contributed by atoms with van der Waals surface area (Å²) in [5.41, 5.74) is 0.0813. The van der Waals surface area contributed by atoms with Crippen LogP contribution in [0.5, 0.6) is 0 Å². The quantitative estimate of drug-likeness (QED) is 0.778. The van der Waals surface area contributed by atoms with Crippen LogP contribution in [0.4, 0.5) is 0 Å². The molecule has 0 aliphatic carbocycles. The Labute approximate surface area is 140 Å². The number of carbonyl (C=O) groups is 2. The summed E-state index contributed by atoms with van der Waals surface area (Å²) in [7, 11) is 1.50. The molecule has 1 aromatic heterocycles. The summed E-state index contributed by atoms with van der Waals surface area (Å²) in [6.45, 7) is 2.50. The Bertz CT molecular complexity index is 589. The van der Waals surface area contributed by atoms with Crippen LogP contribution in [0.15, 0.2) is 18.6 Å². The molecule has 2 amide bonds. The molecule has 2 saturated heterocycles. The second kappa shape index (κ2) is 7.23. The third-order valence-electron chi connectivity index (χ3n) is 4.68. The van der Waals surface area contributed by atoms with Gasteiger partial charge in [-0.2, -0.15) is 0 Å². The molecule has 1 N–H and O–H groups in total. The number of rotatable bonds is 6. The number of nitrogens with zero attached hydrogens (tertiary/aromatic N) is 3. The Hall–Kier alpha value is -2.06. The number of likely N-dealkylation sites (tertiary alicyclic amines) is 1. The van der Waals surface area contributed by atoms with Gasteiger partial charge in [-0.15, -0.1) is 0 Å². The highest BCUT2D eigenvalue weighted by Gasteiger charge is 2.54. The fraction of sp³-hybridized carbons (Fsp3) is 0.625.